The van der Waals surface area contributed by atoms with Crippen molar-refractivity contribution in [3.63, 3.8) is 0 Å². The molecule has 0 saturated heterocycles. The van der Waals surface area contributed by atoms with Crippen LogP contribution in [0.5, 0.6) is 5.75 Å². The van der Waals surface area contributed by atoms with Gasteiger partial charge >= 0.3 is 0 Å². The van der Waals surface area contributed by atoms with Gasteiger partial charge in [0.05, 0.1) is 16.7 Å². The van der Waals surface area contributed by atoms with E-state index < -0.39 is 10.0 Å². The summed E-state index contributed by atoms with van der Waals surface area (Å²) in [6.07, 6.45) is -0.0384. The molecule has 0 amide bonds. The van der Waals surface area contributed by atoms with Crippen molar-refractivity contribution in [1.29, 1.82) is 0 Å². The fourth-order valence-electron chi connectivity index (χ4n) is 2.69. The molecule has 0 fully saturated rings. The normalized spacial score (nSPS) is 11.6. The Morgan fingerprint density at radius 1 is 1.00 bits per heavy atom. The first-order chi connectivity index (χ1) is 10.7. The van der Waals surface area contributed by atoms with Crippen LogP contribution in [-0.2, 0) is 10.0 Å². The van der Waals surface area contributed by atoms with Crippen molar-refractivity contribution in [2.45, 2.75) is 45.6 Å². The fourth-order valence-corrected chi connectivity index (χ4v) is 4.22. The zero-order valence-corrected chi connectivity index (χ0v) is 15.0. The number of ether oxygens (including phenoxy) is 1. The van der Waals surface area contributed by atoms with Gasteiger partial charge in [0.1, 0.15) is 5.75 Å². The van der Waals surface area contributed by atoms with Crippen molar-refractivity contribution in [2.24, 2.45) is 0 Å². The van der Waals surface area contributed by atoms with Gasteiger partial charge in [-0.3, -0.25) is 4.72 Å². The largest absolute Gasteiger partial charge is 0.489 e. The van der Waals surface area contributed by atoms with E-state index in [1.165, 1.54) is 0 Å². The molecule has 1 N–H and O–H groups in total. The van der Waals surface area contributed by atoms with Crippen LogP contribution in [0.15, 0.2) is 41.3 Å². The van der Waals surface area contributed by atoms with Crippen LogP contribution in [0.2, 0.25) is 0 Å². The third-order valence-electron chi connectivity index (χ3n) is 3.37. The van der Waals surface area contributed by atoms with E-state index in [-0.39, 0.29) is 6.10 Å². The molecule has 0 aliphatic carbocycles. The Kier molecular flexibility index (Phi) is 5.00. The van der Waals surface area contributed by atoms with Crippen LogP contribution >= 0.6 is 0 Å². The molecule has 0 heterocycles. The van der Waals surface area contributed by atoms with Crippen LogP contribution in [0.4, 0.5) is 5.69 Å². The third-order valence-corrected chi connectivity index (χ3v) is 5.04. The Balaban J connectivity index is 2.44. The maximum Gasteiger partial charge on any atom is 0.262 e. The highest BCUT2D eigenvalue weighted by molar-refractivity contribution is 7.92. The number of aryl methyl sites for hydroxylation is 3. The van der Waals surface area contributed by atoms with E-state index >= 15 is 0 Å². The molecule has 0 aliphatic rings. The number of sulfonamides is 1. The predicted octanol–water partition coefficient (Wildman–Crippen LogP) is 4.20. The molecule has 0 bridgehead atoms. The fraction of sp³-hybridized carbons (Fsp3) is 0.333. The summed E-state index contributed by atoms with van der Waals surface area (Å²) in [6.45, 7) is 9.38. The Hall–Kier alpha value is -2.01. The molecule has 4 nitrogen and oxygen atoms in total. The van der Waals surface area contributed by atoms with E-state index in [1.807, 2.05) is 52.8 Å². The van der Waals surface area contributed by atoms with E-state index in [1.54, 1.807) is 18.2 Å². The number of nitrogens with one attached hydrogen (secondary N) is 1. The molecule has 124 valence electrons. The van der Waals surface area contributed by atoms with Gasteiger partial charge in [-0.15, -0.1) is 0 Å². The van der Waals surface area contributed by atoms with Crippen molar-refractivity contribution in [3.05, 3.63) is 53.1 Å². The van der Waals surface area contributed by atoms with Crippen molar-refractivity contribution in [1.82, 2.24) is 0 Å². The molecule has 0 atom stereocenters. The van der Waals surface area contributed by atoms with Gasteiger partial charge in [0.15, 0.2) is 0 Å². The van der Waals surface area contributed by atoms with Crippen molar-refractivity contribution in [2.75, 3.05) is 4.72 Å². The first kappa shape index (κ1) is 17.3. The van der Waals surface area contributed by atoms with E-state index in [4.69, 9.17) is 4.74 Å². The number of hydrogen-bond acceptors (Lipinski definition) is 3. The Bertz CT molecular complexity index is 788. The second kappa shape index (κ2) is 6.62. The SMILES string of the molecule is Cc1cc(C)c(S(=O)(=O)Nc2ccccc2OC(C)C)c(C)c1. The number of rotatable bonds is 5. The Labute approximate surface area is 138 Å². The second-order valence-electron chi connectivity index (χ2n) is 6.00. The van der Waals surface area contributed by atoms with Crippen LogP contribution in [0.1, 0.15) is 30.5 Å². The summed E-state index contributed by atoms with van der Waals surface area (Å²) in [5.74, 6) is 0.522. The molecule has 5 heteroatoms. The molecule has 0 unspecified atom stereocenters. The van der Waals surface area contributed by atoms with Gasteiger partial charge in [-0.1, -0.05) is 29.8 Å². The monoisotopic (exact) mass is 333 g/mol. The van der Waals surface area contributed by atoms with Crippen LogP contribution in [0.25, 0.3) is 0 Å². The lowest BCUT2D eigenvalue weighted by Gasteiger charge is -2.17. The lowest BCUT2D eigenvalue weighted by molar-refractivity contribution is 0.244. The first-order valence-electron chi connectivity index (χ1n) is 7.57. The third kappa shape index (κ3) is 4.05. The molecular formula is C18H23NO3S. The number of benzene rings is 2. The Morgan fingerprint density at radius 2 is 1.57 bits per heavy atom. The lowest BCUT2D eigenvalue weighted by atomic mass is 10.1. The number of anilines is 1. The summed E-state index contributed by atoms with van der Waals surface area (Å²) in [6, 6.07) is 10.8. The summed E-state index contributed by atoms with van der Waals surface area (Å²) >= 11 is 0. The van der Waals surface area contributed by atoms with Gasteiger partial charge in [-0.25, -0.2) is 8.42 Å². The Morgan fingerprint density at radius 3 is 2.13 bits per heavy atom. The molecule has 0 radical (unpaired) electrons. The number of hydrogen-bond donors (Lipinski definition) is 1. The highest BCUT2D eigenvalue weighted by Crippen LogP contribution is 2.29. The standard InChI is InChI=1S/C18H23NO3S/c1-12(2)22-17-9-7-6-8-16(17)19-23(20,21)18-14(4)10-13(3)11-15(18)5/h6-12,19H,1-5H3. The minimum atomic E-state index is -3.68. The first-order valence-corrected chi connectivity index (χ1v) is 9.05. The van der Waals surface area contributed by atoms with Crippen molar-refractivity contribution in [3.8, 4) is 5.75 Å². The summed E-state index contributed by atoms with van der Waals surface area (Å²) in [7, 11) is -3.68. The van der Waals surface area contributed by atoms with Crippen LogP contribution < -0.4 is 9.46 Å². The highest BCUT2D eigenvalue weighted by Gasteiger charge is 2.21. The maximum absolute atomic E-state index is 12.8. The van der Waals surface area contributed by atoms with Gasteiger partial charge in [0.2, 0.25) is 0 Å². The number of para-hydroxylation sites is 2. The summed E-state index contributed by atoms with van der Waals surface area (Å²) in [4.78, 5) is 0.322. The van der Waals surface area contributed by atoms with Gasteiger partial charge in [-0.2, -0.15) is 0 Å². The minimum Gasteiger partial charge on any atom is -0.489 e. The van der Waals surface area contributed by atoms with Crippen molar-refractivity contribution < 1.29 is 13.2 Å². The smallest absolute Gasteiger partial charge is 0.262 e. The van der Waals surface area contributed by atoms with E-state index in [0.717, 1.165) is 16.7 Å². The van der Waals surface area contributed by atoms with Gasteiger partial charge < -0.3 is 4.74 Å². The summed E-state index contributed by atoms with van der Waals surface area (Å²) in [5, 5.41) is 0. The minimum absolute atomic E-state index is 0.0384. The molecule has 0 aromatic heterocycles. The molecule has 2 rings (SSSR count). The molecule has 2 aromatic rings. The molecular weight excluding hydrogens is 310 g/mol. The second-order valence-corrected chi connectivity index (χ2v) is 7.62. The lowest BCUT2D eigenvalue weighted by Crippen LogP contribution is -2.17. The summed E-state index contributed by atoms with van der Waals surface area (Å²) < 4.78 is 34.0. The molecule has 0 aliphatic heterocycles. The highest BCUT2D eigenvalue weighted by atomic mass is 32.2. The van der Waals surface area contributed by atoms with E-state index in [2.05, 4.69) is 4.72 Å². The van der Waals surface area contributed by atoms with Crippen LogP contribution in [-0.4, -0.2) is 14.5 Å². The predicted molar refractivity (Wildman–Crippen MR) is 93.7 cm³/mol. The topological polar surface area (TPSA) is 55.4 Å². The van der Waals surface area contributed by atoms with E-state index in [9.17, 15) is 8.42 Å². The zero-order valence-electron chi connectivity index (χ0n) is 14.2. The van der Waals surface area contributed by atoms with Gasteiger partial charge in [-0.05, 0) is 57.9 Å². The van der Waals surface area contributed by atoms with Crippen molar-refractivity contribution >= 4 is 15.7 Å². The molecule has 23 heavy (non-hydrogen) atoms. The quantitative estimate of drug-likeness (QED) is 0.892. The van der Waals surface area contributed by atoms with Gasteiger partial charge in [0.25, 0.3) is 10.0 Å². The molecule has 0 spiro atoms. The molecule has 0 saturated carbocycles. The van der Waals surface area contributed by atoms with Crippen LogP contribution in [0.3, 0.4) is 0 Å². The summed E-state index contributed by atoms with van der Waals surface area (Å²) in [5.41, 5.74) is 2.96. The average molecular weight is 333 g/mol. The molecule has 2 aromatic carbocycles. The maximum atomic E-state index is 12.8. The van der Waals surface area contributed by atoms with Gasteiger partial charge in [0, 0.05) is 0 Å². The zero-order chi connectivity index (χ0) is 17.2. The van der Waals surface area contributed by atoms with Crippen LogP contribution in [0, 0.1) is 20.8 Å². The van der Waals surface area contributed by atoms with E-state index in [0.29, 0.717) is 16.3 Å². The average Bonchev–Trinajstić information content (AvgIpc) is 2.38.